The number of amides is 1. The molecule has 2 atom stereocenters. The Kier molecular flexibility index (Phi) is 7.29. The van der Waals surface area contributed by atoms with Crippen molar-refractivity contribution >= 4 is 29.0 Å². The molecule has 2 aliphatic heterocycles. The van der Waals surface area contributed by atoms with E-state index in [1.165, 1.54) is 0 Å². The van der Waals surface area contributed by atoms with Crippen LogP contribution in [-0.2, 0) is 4.79 Å². The predicted octanol–water partition coefficient (Wildman–Crippen LogP) is 3.32. The Balaban J connectivity index is 1.62. The molecule has 0 bridgehead atoms. The fourth-order valence-corrected chi connectivity index (χ4v) is 4.42. The highest BCUT2D eigenvalue weighted by Gasteiger charge is 2.33. The molecule has 2 heterocycles. The number of halogens is 1. The van der Waals surface area contributed by atoms with E-state index in [1.54, 1.807) is 6.07 Å². The standard InChI is InChI=1S/C24H29ClN4O3/c1-2-17(24(31)27-10-5-13-30)20-15-29(12-11-26-20)23-18-6-3-4-7-21(18)32-22-9-8-16(25)14-19(22)28-23/h3-4,6-9,14,17,20,26,30H,2,5,10-13,15H2,1H3,(H,27,31)/t17-,20?/m0/s1. The van der Waals surface area contributed by atoms with Gasteiger partial charge in [0.05, 0.1) is 11.5 Å². The molecule has 2 aromatic carbocycles. The Morgan fingerprint density at radius 1 is 1.34 bits per heavy atom. The van der Waals surface area contributed by atoms with E-state index in [0.29, 0.717) is 36.0 Å². The number of aliphatic hydroxyl groups is 1. The molecule has 1 unspecified atom stereocenters. The first-order valence-electron chi connectivity index (χ1n) is 11.1. The van der Waals surface area contributed by atoms with E-state index in [9.17, 15) is 4.79 Å². The summed E-state index contributed by atoms with van der Waals surface area (Å²) >= 11 is 6.24. The summed E-state index contributed by atoms with van der Waals surface area (Å²) in [6.07, 6.45) is 1.28. The fourth-order valence-electron chi connectivity index (χ4n) is 4.25. The quantitative estimate of drug-likeness (QED) is 0.580. The zero-order valence-corrected chi connectivity index (χ0v) is 18.9. The molecule has 0 aromatic heterocycles. The van der Waals surface area contributed by atoms with Gasteiger partial charge in [0.2, 0.25) is 5.91 Å². The van der Waals surface area contributed by atoms with E-state index in [-0.39, 0.29) is 24.5 Å². The summed E-state index contributed by atoms with van der Waals surface area (Å²) in [7, 11) is 0. The van der Waals surface area contributed by atoms with Crippen LogP contribution >= 0.6 is 11.6 Å². The molecule has 0 radical (unpaired) electrons. The number of ether oxygens (including phenoxy) is 1. The maximum absolute atomic E-state index is 12.8. The van der Waals surface area contributed by atoms with Gasteiger partial charge < -0.3 is 25.4 Å². The SMILES string of the molecule is CC[C@H](C(=O)NCCCO)C1CN(C2=Nc3cc(Cl)ccc3Oc3ccccc32)CCN1. The molecular formula is C24H29ClN4O3. The van der Waals surface area contributed by atoms with Crippen molar-refractivity contribution in [3.05, 3.63) is 53.1 Å². The van der Waals surface area contributed by atoms with Gasteiger partial charge in [-0.3, -0.25) is 4.79 Å². The van der Waals surface area contributed by atoms with Crippen LogP contribution in [0.5, 0.6) is 11.5 Å². The predicted molar refractivity (Wildman–Crippen MR) is 126 cm³/mol. The van der Waals surface area contributed by atoms with Gasteiger partial charge in [-0.2, -0.15) is 0 Å². The number of aliphatic imine (C=N–C) groups is 1. The van der Waals surface area contributed by atoms with E-state index in [1.807, 2.05) is 43.3 Å². The lowest BCUT2D eigenvalue weighted by atomic mass is 9.93. The van der Waals surface area contributed by atoms with E-state index < -0.39 is 0 Å². The normalized spacial score (nSPS) is 18.5. The molecule has 32 heavy (non-hydrogen) atoms. The Morgan fingerprint density at radius 3 is 3.00 bits per heavy atom. The van der Waals surface area contributed by atoms with Crippen molar-refractivity contribution in [2.45, 2.75) is 25.8 Å². The van der Waals surface area contributed by atoms with E-state index in [2.05, 4.69) is 15.5 Å². The molecule has 2 aliphatic rings. The van der Waals surface area contributed by atoms with Gasteiger partial charge >= 0.3 is 0 Å². The van der Waals surface area contributed by atoms with Crippen LogP contribution in [0.4, 0.5) is 5.69 Å². The summed E-state index contributed by atoms with van der Waals surface area (Å²) in [5.41, 5.74) is 1.61. The molecule has 1 amide bonds. The first-order chi connectivity index (χ1) is 15.6. The maximum Gasteiger partial charge on any atom is 0.224 e. The molecule has 2 aromatic rings. The highest BCUT2D eigenvalue weighted by atomic mass is 35.5. The lowest BCUT2D eigenvalue weighted by Gasteiger charge is -2.38. The number of rotatable bonds is 6. The minimum atomic E-state index is -0.170. The number of benzene rings is 2. The smallest absolute Gasteiger partial charge is 0.224 e. The minimum absolute atomic E-state index is 0.0132. The number of piperazine rings is 1. The van der Waals surface area contributed by atoms with Crippen molar-refractivity contribution in [1.82, 2.24) is 15.5 Å². The highest BCUT2D eigenvalue weighted by Crippen LogP contribution is 2.39. The number of nitrogens with zero attached hydrogens (tertiary/aromatic N) is 2. The Labute approximate surface area is 193 Å². The summed E-state index contributed by atoms with van der Waals surface area (Å²) in [6.45, 7) is 4.74. The van der Waals surface area contributed by atoms with Crippen molar-refractivity contribution < 1.29 is 14.6 Å². The molecule has 0 saturated carbocycles. The molecule has 3 N–H and O–H groups in total. The lowest BCUT2D eigenvalue weighted by molar-refractivity contribution is -0.126. The van der Waals surface area contributed by atoms with Crippen LogP contribution in [0.25, 0.3) is 0 Å². The molecule has 0 spiro atoms. The third-order valence-corrected chi connectivity index (χ3v) is 6.13. The van der Waals surface area contributed by atoms with Crippen LogP contribution < -0.4 is 15.4 Å². The number of hydrogen-bond acceptors (Lipinski definition) is 6. The second-order valence-electron chi connectivity index (χ2n) is 8.04. The number of carbonyl (C=O) groups excluding carboxylic acids is 1. The van der Waals surface area contributed by atoms with Crippen LogP contribution in [0.1, 0.15) is 25.3 Å². The van der Waals surface area contributed by atoms with E-state index in [0.717, 1.165) is 36.7 Å². The summed E-state index contributed by atoms with van der Waals surface area (Å²) in [4.78, 5) is 20.0. The molecular weight excluding hydrogens is 428 g/mol. The lowest BCUT2D eigenvalue weighted by Crippen LogP contribution is -2.57. The number of aliphatic hydroxyl groups excluding tert-OH is 1. The summed E-state index contributed by atoms with van der Waals surface area (Å²) in [6, 6.07) is 13.3. The number of amidine groups is 1. The molecule has 7 nitrogen and oxygen atoms in total. The largest absolute Gasteiger partial charge is 0.454 e. The average Bonchev–Trinajstić information content (AvgIpc) is 2.96. The first-order valence-corrected chi connectivity index (χ1v) is 11.5. The number of hydrogen-bond donors (Lipinski definition) is 3. The van der Waals surface area contributed by atoms with Crippen LogP contribution in [0.15, 0.2) is 47.5 Å². The van der Waals surface area contributed by atoms with Gasteiger partial charge in [0.15, 0.2) is 5.75 Å². The molecule has 1 fully saturated rings. The maximum atomic E-state index is 12.8. The Hall–Kier alpha value is -2.61. The van der Waals surface area contributed by atoms with Gasteiger partial charge in [-0.1, -0.05) is 30.7 Å². The summed E-state index contributed by atoms with van der Waals surface area (Å²) in [5.74, 6) is 2.08. The third kappa shape index (κ3) is 4.90. The van der Waals surface area contributed by atoms with Crippen molar-refractivity contribution in [3.8, 4) is 11.5 Å². The third-order valence-electron chi connectivity index (χ3n) is 5.90. The van der Waals surface area contributed by atoms with Crippen molar-refractivity contribution in [2.24, 2.45) is 10.9 Å². The number of fused-ring (bicyclic) bond motifs is 2. The molecule has 0 aliphatic carbocycles. The fraction of sp³-hybridized carbons (Fsp3) is 0.417. The zero-order valence-electron chi connectivity index (χ0n) is 18.2. The summed E-state index contributed by atoms with van der Waals surface area (Å²) in [5, 5.41) is 16.1. The van der Waals surface area contributed by atoms with Gasteiger partial charge in [0, 0.05) is 43.9 Å². The Bertz CT molecular complexity index is 997. The van der Waals surface area contributed by atoms with Gasteiger partial charge in [-0.05, 0) is 43.2 Å². The van der Waals surface area contributed by atoms with Crippen molar-refractivity contribution in [3.63, 3.8) is 0 Å². The van der Waals surface area contributed by atoms with Gasteiger partial charge in [0.1, 0.15) is 17.3 Å². The van der Waals surface area contributed by atoms with Crippen LogP contribution in [-0.4, -0.2) is 60.6 Å². The summed E-state index contributed by atoms with van der Waals surface area (Å²) < 4.78 is 6.17. The van der Waals surface area contributed by atoms with E-state index in [4.69, 9.17) is 26.4 Å². The van der Waals surface area contributed by atoms with Crippen LogP contribution in [0, 0.1) is 5.92 Å². The number of para-hydroxylation sites is 1. The van der Waals surface area contributed by atoms with Crippen molar-refractivity contribution in [1.29, 1.82) is 0 Å². The topological polar surface area (TPSA) is 86.2 Å². The second-order valence-corrected chi connectivity index (χ2v) is 8.47. The molecule has 170 valence electrons. The first kappa shape index (κ1) is 22.6. The average molecular weight is 457 g/mol. The highest BCUT2D eigenvalue weighted by molar-refractivity contribution is 6.31. The molecule has 1 saturated heterocycles. The molecule has 4 rings (SSSR count). The number of nitrogens with one attached hydrogen (secondary N) is 2. The van der Waals surface area contributed by atoms with Gasteiger partial charge in [-0.25, -0.2) is 4.99 Å². The van der Waals surface area contributed by atoms with Crippen LogP contribution in [0.2, 0.25) is 5.02 Å². The van der Waals surface area contributed by atoms with Crippen LogP contribution in [0.3, 0.4) is 0 Å². The minimum Gasteiger partial charge on any atom is -0.454 e. The Morgan fingerprint density at radius 2 is 2.19 bits per heavy atom. The number of carbonyl (C=O) groups is 1. The van der Waals surface area contributed by atoms with Gasteiger partial charge in [0.25, 0.3) is 0 Å². The zero-order chi connectivity index (χ0) is 22.5. The van der Waals surface area contributed by atoms with E-state index >= 15 is 0 Å². The molecule has 8 heteroatoms. The van der Waals surface area contributed by atoms with Gasteiger partial charge in [-0.15, -0.1) is 0 Å². The second kappa shape index (κ2) is 10.3. The monoisotopic (exact) mass is 456 g/mol. The van der Waals surface area contributed by atoms with Crippen molar-refractivity contribution in [2.75, 3.05) is 32.8 Å².